The van der Waals surface area contributed by atoms with Gasteiger partial charge in [-0.3, -0.25) is 4.79 Å². The van der Waals surface area contributed by atoms with Crippen molar-refractivity contribution in [2.45, 2.75) is 40.2 Å². The molecular formula is C16H27N3O3S. The Morgan fingerprint density at radius 1 is 1.26 bits per heavy atom. The smallest absolute Gasteiger partial charge is 0.304 e. The zero-order valence-corrected chi connectivity index (χ0v) is 15.6. The van der Waals surface area contributed by atoms with E-state index >= 15 is 0 Å². The molecule has 6 nitrogen and oxygen atoms in total. The molecule has 1 aromatic carbocycles. The molecule has 0 saturated carbocycles. The van der Waals surface area contributed by atoms with Gasteiger partial charge < -0.3 is 5.32 Å². The summed E-state index contributed by atoms with van der Waals surface area (Å²) in [6, 6.07) is 5.56. The summed E-state index contributed by atoms with van der Waals surface area (Å²) in [6.45, 7) is 7.34. The zero-order valence-electron chi connectivity index (χ0n) is 14.8. The molecule has 0 bridgehead atoms. The molecule has 1 N–H and O–H groups in total. The second-order valence-corrected chi connectivity index (χ2v) is 8.03. The highest BCUT2D eigenvalue weighted by atomic mass is 32.2. The van der Waals surface area contributed by atoms with Crippen molar-refractivity contribution >= 4 is 21.8 Å². The van der Waals surface area contributed by atoms with Crippen molar-refractivity contribution < 1.29 is 13.2 Å². The van der Waals surface area contributed by atoms with Gasteiger partial charge in [-0.25, -0.2) is 4.31 Å². The molecule has 23 heavy (non-hydrogen) atoms. The Balaban J connectivity index is 3.24. The van der Waals surface area contributed by atoms with Gasteiger partial charge in [0.25, 0.3) is 0 Å². The first-order chi connectivity index (χ1) is 10.6. The van der Waals surface area contributed by atoms with E-state index in [2.05, 4.69) is 5.32 Å². The Hall–Kier alpha value is -1.60. The minimum absolute atomic E-state index is 0.00465. The van der Waals surface area contributed by atoms with Crippen LogP contribution in [0.1, 0.15) is 31.4 Å². The fraction of sp³-hybridized carbons (Fsp3) is 0.562. The summed E-state index contributed by atoms with van der Waals surface area (Å²) in [5, 5.41) is 2.81. The second-order valence-electron chi connectivity index (χ2n) is 5.96. The van der Waals surface area contributed by atoms with Gasteiger partial charge in [-0.05, 0) is 44.4 Å². The molecule has 0 aromatic heterocycles. The minimum atomic E-state index is -3.76. The fourth-order valence-electron chi connectivity index (χ4n) is 2.03. The molecular weight excluding hydrogens is 314 g/mol. The molecule has 1 amide bonds. The summed E-state index contributed by atoms with van der Waals surface area (Å²) in [6.07, 6.45) is 0.787. The van der Waals surface area contributed by atoms with E-state index in [1.165, 1.54) is 14.1 Å². The lowest BCUT2D eigenvalue weighted by Crippen LogP contribution is -2.47. The summed E-state index contributed by atoms with van der Waals surface area (Å²) in [5.41, 5.74) is 2.27. The van der Waals surface area contributed by atoms with E-state index in [9.17, 15) is 13.2 Å². The van der Waals surface area contributed by atoms with E-state index < -0.39 is 10.2 Å². The van der Waals surface area contributed by atoms with Gasteiger partial charge in [0.1, 0.15) is 6.54 Å². The molecule has 1 rings (SSSR count). The van der Waals surface area contributed by atoms with Crippen molar-refractivity contribution in [2.24, 2.45) is 0 Å². The highest BCUT2D eigenvalue weighted by Crippen LogP contribution is 2.25. The molecule has 0 aliphatic carbocycles. The van der Waals surface area contributed by atoms with Crippen LogP contribution in [0.5, 0.6) is 0 Å². The monoisotopic (exact) mass is 341 g/mol. The summed E-state index contributed by atoms with van der Waals surface area (Å²) >= 11 is 0. The van der Waals surface area contributed by atoms with Crippen LogP contribution in [0.15, 0.2) is 18.2 Å². The van der Waals surface area contributed by atoms with Crippen LogP contribution in [0.25, 0.3) is 0 Å². The van der Waals surface area contributed by atoms with Crippen molar-refractivity contribution in [1.82, 2.24) is 9.62 Å². The van der Waals surface area contributed by atoms with Crippen LogP contribution in [-0.4, -0.2) is 45.3 Å². The molecule has 7 heteroatoms. The molecule has 1 unspecified atom stereocenters. The maximum absolute atomic E-state index is 12.7. The first kappa shape index (κ1) is 19.4. The maximum atomic E-state index is 12.7. The standard InChI is InChI=1S/C16H27N3O3S/c1-7-14(4)17-16(20)11-19(23(21,22)18(5)6)15-10-12(2)8-9-13(15)3/h8-10,14H,7,11H2,1-6H3,(H,17,20). The topological polar surface area (TPSA) is 69.7 Å². The lowest BCUT2D eigenvalue weighted by Gasteiger charge is -2.29. The molecule has 0 saturated heterocycles. The van der Waals surface area contributed by atoms with Crippen LogP contribution < -0.4 is 9.62 Å². The van der Waals surface area contributed by atoms with Crippen molar-refractivity contribution in [1.29, 1.82) is 0 Å². The van der Waals surface area contributed by atoms with Crippen LogP contribution in [0.4, 0.5) is 5.69 Å². The lowest BCUT2D eigenvalue weighted by atomic mass is 10.1. The van der Waals surface area contributed by atoms with Gasteiger partial charge in [-0.15, -0.1) is 0 Å². The number of aryl methyl sites for hydroxylation is 2. The largest absolute Gasteiger partial charge is 0.352 e. The molecule has 0 fully saturated rings. The number of rotatable bonds is 7. The highest BCUT2D eigenvalue weighted by molar-refractivity contribution is 7.90. The molecule has 0 aliphatic heterocycles. The minimum Gasteiger partial charge on any atom is -0.352 e. The Morgan fingerprint density at radius 2 is 1.87 bits per heavy atom. The molecule has 0 aliphatic rings. The second kappa shape index (κ2) is 7.79. The molecule has 0 spiro atoms. The number of anilines is 1. The number of carbonyl (C=O) groups is 1. The van der Waals surface area contributed by atoms with Gasteiger partial charge in [0.05, 0.1) is 5.69 Å². The van der Waals surface area contributed by atoms with Crippen molar-refractivity contribution in [3.05, 3.63) is 29.3 Å². The third-order valence-corrected chi connectivity index (χ3v) is 5.49. The predicted molar refractivity (Wildman–Crippen MR) is 93.8 cm³/mol. The molecule has 1 aromatic rings. The summed E-state index contributed by atoms with van der Waals surface area (Å²) < 4.78 is 27.6. The fourth-order valence-corrected chi connectivity index (χ4v) is 3.15. The zero-order chi connectivity index (χ0) is 17.8. The maximum Gasteiger partial charge on any atom is 0.304 e. The van der Waals surface area contributed by atoms with Gasteiger partial charge in [-0.1, -0.05) is 19.1 Å². The number of hydrogen-bond acceptors (Lipinski definition) is 3. The number of nitrogens with one attached hydrogen (secondary N) is 1. The molecule has 130 valence electrons. The van der Waals surface area contributed by atoms with Gasteiger partial charge in [0, 0.05) is 20.1 Å². The predicted octanol–water partition coefficient (Wildman–Crippen LogP) is 1.83. The average molecular weight is 341 g/mol. The summed E-state index contributed by atoms with van der Waals surface area (Å²) in [7, 11) is -0.846. The summed E-state index contributed by atoms with van der Waals surface area (Å²) in [4.78, 5) is 12.2. The van der Waals surface area contributed by atoms with E-state index in [1.807, 2.05) is 39.8 Å². The quantitative estimate of drug-likeness (QED) is 0.822. The van der Waals surface area contributed by atoms with Crippen molar-refractivity contribution in [3.63, 3.8) is 0 Å². The van der Waals surface area contributed by atoms with Crippen LogP contribution in [0.2, 0.25) is 0 Å². The van der Waals surface area contributed by atoms with Gasteiger partial charge >= 0.3 is 10.2 Å². The van der Waals surface area contributed by atoms with Crippen molar-refractivity contribution in [3.8, 4) is 0 Å². The number of nitrogens with zero attached hydrogens (tertiary/aromatic N) is 2. The van der Waals surface area contributed by atoms with E-state index in [4.69, 9.17) is 0 Å². The Kier molecular flexibility index (Phi) is 6.58. The first-order valence-corrected chi connectivity index (χ1v) is 9.06. The molecule has 1 atom stereocenters. The number of amides is 1. The lowest BCUT2D eigenvalue weighted by molar-refractivity contribution is -0.120. The van der Waals surface area contributed by atoms with Crippen LogP contribution in [0, 0.1) is 13.8 Å². The van der Waals surface area contributed by atoms with Gasteiger partial charge in [0.2, 0.25) is 5.91 Å². The SMILES string of the molecule is CCC(C)NC(=O)CN(c1cc(C)ccc1C)S(=O)(=O)N(C)C. The number of benzene rings is 1. The summed E-state index contributed by atoms with van der Waals surface area (Å²) in [5.74, 6) is -0.314. The molecule has 0 heterocycles. The van der Waals surface area contributed by atoms with E-state index in [-0.39, 0.29) is 18.5 Å². The van der Waals surface area contributed by atoms with Crippen LogP contribution in [-0.2, 0) is 15.0 Å². The Morgan fingerprint density at radius 3 is 2.39 bits per heavy atom. The third kappa shape index (κ3) is 4.94. The van der Waals surface area contributed by atoms with Crippen LogP contribution in [0.3, 0.4) is 0 Å². The normalized spacial score (nSPS) is 13.0. The molecule has 0 radical (unpaired) electrons. The first-order valence-electron chi connectivity index (χ1n) is 7.66. The van der Waals surface area contributed by atoms with Gasteiger partial charge in [0.15, 0.2) is 0 Å². The number of hydrogen-bond donors (Lipinski definition) is 1. The van der Waals surface area contributed by atoms with Crippen molar-refractivity contribution in [2.75, 3.05) is 24.9 Å². The Labute approximate surface area is 139 Å². The van der Waals surface area contributed by atoms with Gasteiger partial charge in [-0.2, -0.15) is 12.7 Å². The highest BCUT2D eigenvalue weighted by Gasteiger charge is 2.28. The average Bonchev–Trinajstić information content (AvgIpc) is 2.47. The third-order valence-electron chi connectivity index (χ3n) is 3.68. The number of carbonyl (C=O) groups excluding carboxylic acids is 1. The van der Waals surface area contributed by atoms with E-state index in [0.29, 0.717) is 5.69 Å². The van der Waals surface area contributed by atoms with E-state index in [0.717, 1.165) is 26.2 Å². The van der Waals surface area contributed by atoms with Crippen LogP contribution >= 0.6 is 0 Å². The Bertz CT molecular complexity index is 657. The van der Waals surface area contributed by atoms with E-state index in [1.54, 1.807) is 6.07 Å².